The van der Waals surface area contributed by atoms with Crippen LogP contribution in [0.15, 0.2) is 0 Å². The number of carbonyl (C=O) groups excluding carboxylic acids is 1. The zero-order chi connectivity index (χ0) is 11.9. The van der Waals surface area contributed by atoms with Gasteiger partial charge in [0.1, 0.15) is 0 Å². The third kappa shape index (κ3) is 5.11. The molecule has 0 radical (unpaired) electrons. The second kappa shape index (κ2) is 6.76. The van der Waals surface area contributed by atoms with Gasteiger partial charge in [-0.3, -0.25) is 4.79 Å². The van der Waals surface area contributed by atoms with Crippen LogP contribution < -0.4 is 0 Å². The van der Waals surface area contributed by atoms with Crippen molar-refractivity contribution >= 4 is 5.97 Å². The Morgan fingerprint density at radius 3 is 2.33 bits per heavy atom. The van der Waals surface area contributed by atoms with Gasteiger partial charge in [-0.05, 0) is 6.42 Å². The molecule has 0 fully saturated rings. The molecule has 0 aromatic rings. The van der Waals surface area contributed by atoms with Crippen LogP contribution >= 0.6 is 0 Å². The predicted octanol–water partition coefficient (Wildman–Crippen LogP) is 1.05. The number of hydrogen-bond donors (Lipinski definition) is 1. The van der Waals surface area contributed by atoms with Crippen LogP contribution in [0.25, 0.3) is 0 Å². The smallest absolute Gasteiger partial charge is 0.313 e. The second-order valence-electron chi connectivity index (χ2n) is 3.24. The van der Waals surface area contributed by atoms with Gasteiger partial charge in [0.15, 0.2) is 5.79 Å². The Bertz CT molecular complexity index is 184. The molecule has 0 aromatic heterocycles. The summed E-state index contributed by atoms with van der Waals surface area (Å²) in [4.78, 5) is 11.4. The Balaban J connectivity index is 4.12. The Morgan fingerprint density at radius 2 is 2.00 bits per heavy atom. The van der Waals surface area contributed by atoms with Gasteiger partial charge >= 0.3 is 5.97 Å². The lowest BCUT2D eigenvalue weighted by Gasteiger charge is -2.24. The fourth-order valence-corrected chi connectivity index (χ4v) is 1.05. The van der Waals surface area contributed by atoms with E-state index in [1.165, 1.54) is 14.2 Å². The van der Waals surface area contributed by atoms with Gasteiger partial charge in [-0.15, -0.1) is 0 Å². The number of methoxy groups -OCH3 is 2. The molecule has 0 aliphatic carbocycles. The average Bonchev–Trinajstić information content (AvgIpc) is 2.25. The van der Waals surface area contributed by atoms with E-state index >= 15 is 0 Å². The highest BCUT2D eigenvalue weighted by Crippen LogP contribution is 2.17. The summed E-state index contributed by atoms with van der Waals surface area (Å²) in [6.07, 6.45) is 0.137. The number of hydrogen-bond acceptors (Lipinski definition) is 5. The van der Waals surface area contributed by atoms with Crippen LogP contribution in [0, 0.1) is 0 Å². The lowest BCUT2D eigenvalue weighted by atomic mass is 10.1. The van der Waals surface area contributed by atoms with Gasteiger partial charge in [0.05, 0.1) is 6.42 Å². The first-order valence-electron chi connectivity index (χ1n) is 5.01. The van der Waals surface area contributed by atoms with Crippen molar-refractivity contribution in [1.82, 2.24) is 0 Å². The SMILES string of the molecule is CCC(OC)OC(=O)CC(O)(CC)OC. The Kier molecular flexibility index (Phi) is 6.47. The van der Waals surface area contributed by atoms with Gasteiger partial charge in [-0.25, -0.2) is 0 Å². The molecular formula is C10H20O5. The van der Waals surface area contributed by atoms with Crippen LogP contribution in [0.2, 0.25) is 0 Å². The summed E-state index contributed by atoms with van der Waals surface area (Å²) in [5, 5.41) is 9.69. The Hall–Kier alpha value is -0.650. The number of aliphatic hydroxyl groups is 1. The van der Waals surface area contributed by atoms with Crippen molar-refractivity contribution in [2.24, 2.45) is 0 Å². The fourth-order valence-electron chi connectivity index (χ4n) is 1.05. The standard InChI is InChI=1S/C10H20O5/c1-5-9(13-3)15-8(11)7-10(12,6-2)14-4/h9,12H,5-7H2,1-4H3. The summed E-state index contributed by atoms with van der Waals surface area (Å²) < 4.78 is 14.7. The Morgan fingerprint density at radius 1 is 1.40 bits per heavy atom. The molecule has 15 heavy (non-hydrogen) atoms. The summed E-state index contributed by atoms with van der Waals surface area (Å²) in [5.74, 6) is -1.97. The van der Waals surface area contributed by atoms with E-state index in [-0.39, 0.29) is 6.42 Å². The third-order valence-corrected chi connectivity index (χ3v) is 2.21. The zero-order valence-electron chi connectivity index (χ0n) is 9.78. The summed E-state index contributed by atoms with van der Waals surface area (Å²) in [5.41, 5.74) is 0. The summed E-state index contributed by atoms with van der Waals surface area (Å²) >= 11 is 0. The molecule has 5 nitrogen and oxygen atoms in total. The van der Waals surface area contributed by atoms with Gasteiger partial charge in [0.25, 0.3) is 0 Å². The monoisotopic (exact) mass is 220 g/mol. The zero-order valence-corrected chi connectivity index (χ0v) is 9.78. The van der Waals surface area contributed by atoms with Gasteiger partial charge in [-0.2, -0.15) is 0 Å². The van der Waals surface area contributed by atoms with E-state index < -0.39 is 18.0 Å². The molecule has 5 heteroatoms. The van der Waals surface area contributed by atoms with Gasteiger partial charge < -0.3 is 19.3 Å². The highest BCUT2D eigenvalue weighted by molar-refractivity contribution is 5.70. The van der Waals surface area contributed by atoms with Gasteiger partial charge in [-0.1, -0.05) is 13.8 Å². The van der Waals surface area contributed by atoms with Crippen molar-refractivity contribution in [1.29, 1.82) is 0 Å². The van der Waals surface area contributed by atoms with E-state index in [4.69, 9.17) is 14.2 Å². The molecule has 2 unspecified atom stereocenters. The number of carbonyl (C=O) groups is 1. The van der Waals surface area contributed by atoms with Crippen molar-refractivity contribution in [3.63, 3.8) is 0 Å². The minimum absolute atomic E-state index is 0.195. The van der Waals surface area contributed by atoms with Crippen LogP contribution in [-0.4, -0.2) is 37.4 Å². The summed E-state index contributed by atoms with van der Waals surface area (Å²) in [6, 6.07) is 0. The van der Waals surface area contributed by atoms with E-state index in [0.717, 1.165) is 0 Å². The largest absolute Gasteiger partial charge is 0.436 e. The van der Waals surface area contributed by atoms with E-state index in [9.17, 15) is 9.90 Å². The normalized spacial score (nSPS) is 16.9. The van der Waals surface area contributed by atoms with E-state index in [2.05, 4.69) is 0 Å². The molecule has 90 valence electrons. The van der Waals surface area contributed by atoms with Crippen molar-refractivity contribution in [2.75, 3.05) is 14.2 Å². The molecule has 2 atom stereocenters. The van der Waals surface area contributed by atoms with Crippen molar-refractivity contribution < 1.29 is 24.1 Å². The second-order valence-corrected chi connectivity index (χ2v) is 3.24. The van der Waals surface area contributed by atoms with Gasteiger partial charge in [0.2, 0.25) is 6.29 Å². The molecule has 1 N–H and O–H groups in total. The van der Waals surface area contributed by atoms with Crippen LogP contribution in [0.5, 0.6) is 0 Å². The molecule has 0 aromatic carbocycles. The molecule has 0 saturated heterocycles. The summed E-state index contributed by atoms with van der Waals surface area (Å²) in [6.45, 7) is 3.56. The van der Waals surface area contributed by atoms with Crippen molar-refractivity contribution in [3.05, 3.63) is 0 Å². The van der Waals surface area contributed by atoms with Crippen LogP contribution in [0.1, 0.15) is 33.1 Å². The quantitative estimate of drug-likeness (QED) is 0.513. The van der Waals surface area contributed by atoms with E-state index in [0.29, 0.717) is 12.8 Å². The molecule has 0 bridgehead atoms. The van der Waals surface area contributed by atoms with E-state index in [1.54, 1.807) is 6.92 Å². The van der Waals surface area contributed by atoms with E-state index in [1.807, 2.05) is 6.92 Å². The van der Waals surface area contributed by atoms with Crippen LogP contribution in [-0.2, 0) is 19.0 Å². The first kappa shape index (κ1) is 14.3. The minimum atomic E-state index is -1.44. The number of esters is 1. The lowest BCUT2D eigenvalue weighted by molar-refractivity contribution is -0.212. The highest BCUT2D eigenvalue weighted by Gasteiger charge is 2.29. The third-order valence-electron chi connectivity index (χ3n) is 2.21. The molecule has 0 saturated carbocycles. The minimum Gasteiger partial charge on any atom is -0.436 e. The molecule has 0 aliphatic heterocycles. The predicted molar refractivity (Wildman–Crippen MR) is 54.0 cm³/mol. The highest BCUT2D eigenvalue weighted by atomic mass is 16.7. The van der Waals surface area contributed by atoms with Crippen molar-refractivity contribution in [3.8, 4) is 0 Å². The van der Waals surface area contributed by atoms with Gasteiger partial charge in [0, 0.05) is 20.6 Å². The maximum atomic E-state index is 11.4. The summed E-state index contributed by atoms with van der Waals surface area (Å²) in [7, 11) is 2.81. The fraction of sp³-hybridized carbons (Fsp3) is 0.900. The van der Waals surface area contributed by atoms with Crippen molar-refractivity contribution in [2.45, 2.75) is 45.2 Å². The molecule has 0 aliphatic rings. The number of rotatable bonds is 7. The average molecular weight is 220 g/mol. The maximum Gasteiger partial charge on any atom is 0.313 e. The molecule has 0 rings (SSSR count). The van der Waals surface area contributed by atoms with Crippen LogP contribution in [0.4, 0.5) is 0 Å². The molecule has 0 spiro atoms. The first-order chi connectivity index (χ1) is 7.01. The van der Waals surface area contributed by atoms with Crippen LogP contribution in [0.3, 0.4) is 0 Å². The number of ether oxygens (including phenoxy) is 3. The topological polar surface area (TPSA) is 65.0 Å². The lowest BCUT2D eigenvalue weighted by Crippen LogP contribution is -2.35. The molecular weight excluding hydrogens is 200 g/mol. The molecule has 0 amide bonds. The Labute approximate surface area is 90.3 Å². The maximum absolute atomic E-state index is 11.4. The first-order valence-corrected chi connectivity index (χ1v) is 5.01. The molecule has 0 heterocycles.